The number of fused-ring (bicyclic) bond motifs is 2. The molecule has 52 heavy (non-hydrogen) atoms. The maximum absolute atomic E-state index is 12.8. The van der Waals surface area contributed by atoms with Gasteiger partial charge in [-0.15, -0.1) is 20.4 Å². The summed E-state index contributed by atoms with van der Waals surface area (Å²) in [5, 5.41) is 18.1. The molecule has 264 valence electrons. The van der Waals surface area contributed by atoms with E-state index in [4.69, 9.17) is 0 Å². The van der Waals surface area contributed by atoms with Crippen LogP contribution in [0.15, 0.2) is 96.0 Å². The molecule has 2 amide bonds. The minimum absolute atomic E-state index is 0.0157. The standard InChI is InChI=1S/2C19H19N5OS/c2*1-12-5-4-6-15-16(12)10-24(18(15)25)17-9-14(7-8-20-17)13(2)26-19-22-21-11-23(19)3/h2*4-9,11,13H,10H2,1-3H3/t2*13-/m10/s1. The molecule has 4 aromatic heterocycles. The Morgan fingerprint density at radius 3 is 1.42 bits per heavy atom. The van der Waals surface area contributed by atoms with Gasteiger partial charge in [-0.1, -0.05) is 47.8 Å². The number of aromatic nitrogens is 8. The van der Waals surface area contributed by atoms with Crippen LogP contribution in [0.4, 0.5) is 11.6 Å². The molecule has 0 radical (unpaired) electrons. The monoisotopic (exact) mass is 730 g/mol. The Morgan fingerprint density at radius 1 is 0.635 bits per heavy atom. The highest BCUT2D eigenvalue weighted by Gasteiger charge is 2.32. The number of pyridine rings is 2. The third kappa shape index (κ3) is 6.95. The van der Waals surface area contributed by atoms with Crippen LogP contribution >= 0.6 is 23.5 Å². The number of thioether (sulfide) groups is 2. The minimum atomic E-state index is 0.0157. The molecule has 2 aliphatic heterocycles. The largest absolute Gasteiger partial charge is 0.312 e. The maximum Gasteiger partial charge on any atom is 0.260 e. The van der Waals surface area contributed by atoms with Gasteiger partial charge in [0.15, 0.2) is 10.3 Å². The van der Waals surface area contributed by atoms with Crippen LogP contribution in [0, 0.1) is 13.8 Å². The third-order valence-electron chi connectivity index (χ3n) is 9.34. The van der Waals surface area contributed by atoms with Gasteiger partial charge < -0.3 is 9.13 Å². The number of hydrogen-bond donors (Lipinski definition) is 0. The van der Waals surface area contributed by atoms with Crippen molar-refractivity contribution in [2.24, 2.45) is 14.1 Å². The molecule has 0 bridgehead atoms. The van der Waals surface area contributed by atoms with Crippen molar-refractivity contribution < 1.29 is 9.59 Å². The first-order valence-corrected chi connectivity index (χ1v) is 18.6. The van der Waals surface area contributed by atoms with Crippen LogP contribution in [0.3, 0.4) is 0 Å². The van der Waals surface area contributed by atoms with Gasteiger partial charge in [0.1, 0.15) is 24.3 Å². The molecule has 14 heteroatoms. The van der Waals surface area contributed by atoms with Crippen LogP contribution in [0.2, 0.25) is 0 Å². The van der Waals surface area contributed by atoms with E-state index in [0.717, 1.165) is 54.8 Å². The smallest absolute Gasteiger partial charge is 0.260 e. The predicted octanol–water partition coefficient (Wildman–Crippen LogP) is 7.06. The molecule has 0 fully saturated rings. The summed E-state index contributed by atoms with van der Waals surface area (Å²) in [7, 11) is 3.85. The number of carbonyl (C=O) groups is 2. The van der Waals surface area contributed by atoms with Crippen molar-refractivity contribution in [3.8, 4) is 0 Å². The highest BCUT2D eigenvalue weighted by atomic mass is 32.2. The van der Waals surface area contributed by atoms with Crippen LogP contribution in [0.1, 0.15) is 78.4 Å². The summed E-state index contributed by atoms with van der Waals surface area (Å²) in [5.41, 5.74) is 8.21. The number of anilines is 2. The summed E-state index contributed by atoms with van der Waals surface area (Å²) in [5.74, 6) is 1.41. The second kappa shape index (κ2) is 14.7. The Hall–Kier alpha value is -5.34. The number of amides is 2. The average molecular weight is 731 g/mol. The molecule has 6 aromatic rings. The lowest BCUT2D eigenvalue weighted by atomic mass is 10.1. The molecule has 0 N–H and O–H groups in total. The van der Waals surface area contributed by atoms with Crippen molar-refractivity contribution in [2.45, 2.75) is 61.6 Å². The summed E-state index contributed by atoms with van der Waals surface area (Å²) in [6.45, 7) is 9.45. The fourth-order valence-electron chi connectivity index (χ4n) is 6.23. The Labute approximate surface area is 310 Å². The van der Waals surface area contributed by atoms with E-state index >= 15 is 0 Å². The van der Waals surface area contributed by atoms with Crippen LogP contribution in [-0.2, 0) is 27.2 Å². The Morgan fingerprint density at radius 2 is 1.06 bits per heavy atom. The normalized spacial score (nSPS) is 14.6. The van der Waals surface area contributed by atoms with E-state index in [1.54, 1.807) is 58.4 Å². The molecule has 2 atom stereocenters. The molecule has 0 saturated heterocycles. The first kappa shape index (κ1) is 35.1. The van der Waals surface area contributed by atoms with Crippen LogP contribution < -0.4 is 9.80 Å². The molecular weight excluding hydrogens is 693 g/mol. The molecule has 2 aromatic carbocycles. The maximum atomic E-state index is 12.8. The van der Waals surface area contributed by atoms with Crippen molar-refractivity contribution in [2.75, 3.05) is 9.80 Å². The summed E-state index contributed by atoms with van der Waals surface area (Å²) >= 11 is 3.26. The molecule has 12 nitrogen and oxygen atoms in total. The number of benzene rings is 2. The molecule has 2 aliphatic rings. The van der Waals surface area contributed by atoms with Crippen molar-refractivity contribution in [3.63, 3.8) is 0 Å². The van der Waals surface area contributed by atoms with Gasteiger partial charge >= 0.3 is 0 Å². The van der Waals surface area contributed by atoms with Gasteiger partial charge in [0, 0.05) is 48.1 Å². The van der Waals surface area contributed by atoms with Crippen molar-refractivity contribution in [1.82, 2.24) is 39.5 Å². The fraction of sp³-hybridized carbons (Fsp3) is 0.263. The number of rotatable bonds is 8. The lowest BCUT2D eigenvalue weighted by Crippen LogP contribution is -2.24. The number of hydrogen-bond acceptors (Lipinski definition) is 10. The highest BCUT2D eigenvalue weighted by molar-refractivity contribution is 7.99. The summed E-state index contributed by atoms with van der Waals surface area (Å²) < 4.78 is 3.79. The third-order valence-corrected chi connectivity index (χ3v) is 11.8. The highest BCUT2D eigenvalue weighted by Crippen LogP contribution is 2.37. The predicted molar refractivity (Wildman–Crippen MR) is 202 cm³/mol. The summed E-state index contributed by atoms with van der Waals surface area (Å²) in [6, 6.07) is 19.7. The molecule has 0 spiro atoms. The Bertz CT molecular complexity index is 2130. The average Bonchev–Trinajstić information content (AvgIpc) is 3.92. The number of nitrogens with zero attached hydrogens (tertiary/aromatic N) is 10. The zero-order chi connectivity index (χ0) is 36.5. The Kier molecular flexibility index (Phi) is 9.93. The molecule has 0 unspecified atom stereocenters. The number of aryl methyl sites for hydroxylation is 4. The molecule has 6 heterocycles. The van der Waals surface area contributed by atoms with E-state index in [9.17, 15) is 9.59 Å². The quantitative estimate of drug-likeness (QED) is 0.150. The van der Waals surface area contributed by atoms with Crippen molar-refractivity contribution in [3.05, 3.63) is 130 Å². The first-order valence-electron chi connectivity index (χ1n) is 16.8. The minimum Gasteiger partial charge on any atom is -0.312 e. The van der Waals surface area contributed by atoms with Crippen LogP contribution in [0.25, 0.3) is 0 Å². The van der Waals surface area contributed by atoms with E-state index in [2.05, 4.69) is 44.2 Å². The van der Waals surface area contributed by atoms with E-state index in [1.165, 1.54) is 0 Å². The van der Waals surface area contributed by atoms with E-state index in [1.807, 2.05) is 97.7 Å². The molecule has 0 aliphatic carbocycles. The molecule has 0 saturated carbocycles. The number of carbonyl (C=O) groups excluding carboxylic acids is 2. The fourth-order valence-corrected chi connectivity index (χ4v) is 8.04. The van der Waals surface area contributed by atoms with Crippen molar-refractivity contribution in [1.29, 1.82) is 0 Å². The first-order chi connectivity index (χ1) is 25.1. The second-order valence-corrected chi connectivity index (χ2v) is 15.5. The zero-order valence-corrected chi connectivity index (χ0v) is 31.4. The van der Waals surface area contributed by atoms with Gasteiger partial charge in [-0.05, 0) is 97.5 Å². The van der Waals surface area contributed by atoms with Crippen molar-refractivity contribution >= 4 is 47.0 Å². The van der Waals surface area contributed by atoms with E-state index < -0.39 is 0 Å². The topological polar surface area (TPSA) is 128 Å². The SMILES string of the molecule is Cc1cccc2c1CN(c1cc([C@@H](C)Sc3nncn3C)ccn1)C2=O.Cc1cccc2c1CN(c1cc([C@H](C)Sc3nncn3C)ccn1)C2=O. The van der Waals surface area contributed by atoms with Crippen LogP contribution in [-0.4, -0.2) is 51.3 Å². The summed E-state index contributed by atoms with van der Waals surface area (Å²) in [4.78, 5) is 38.0. The summed E-state index contributed by atoms with van der Waals surface area (Å²) in [6.07, 6.45) is 6.91. The lowest BCUT2D eigenvalue weighted by molar-refractivity contribution is 0.0988. The van der Waals surface area contributed by atoms with Gasteiger partial charge in [-0.3, -0.25) is 19.4 Å². The van der Waals surface area contributed by atoms with E-state index in [0.29, 0.717) is 24.7 Å². The molecule has 8 rings (SSSR count). The van der Waals surface area contributed by atoms with Gasteiger partial charge in [-0.2, -0.15) is 0 Å². The van der Waals surface area contributed by atoms with Gasteiger partial charge in [0.2, 0.25) is 0 Å². The molecular formula is C38H38N10O2S2. The zero-order valence-electron chi connectivity index (χ0n) is 29.8. The Balaban J connectivity index is 0.000000162. The second-order valence-electron chi connectivity index (χ2n) is 12.8. The van der Waals surface area contributed by atoms with Crippen LogP contribution in [0.5, 0.6) is 0 Å². The van der Waals surface area contributed by atoms with Gasteiger partial charge in [-0.25, -0.2) is 9.97 Å². The van der Waals surface area contributed by atoms with Gasteiger partial charge in [0.25, 0.3) is 11.8 Å². The van der Waals surface area contributed by atoms with Gasteiger partial charge in [0.05, 0.1) is 13.1 Å². The van der Waals surface area contributed by atoms with E-state index in [-0.39, 0.29) is 22.3 Å². The lowest BCUT2D eigenvalue weighted by Gasteiger charge is -2.17.